The van der Waals surface area contributed by atoms with E-state index in [0.29, 0.717) is 19.3 Å². The van der Waals surface area contributed by atoms with Gasteiger partial charge in [0.2, 0.25) is 0 Å². The second-order valence-electron chi connectivity index (χ2n) is 22.3. The second-order valence-corrected chi connectivity index (χ2v) is 23.8. The Balaban J connectivity index is 4.64. The molecule has 0 fully saturated rings. The lowest BCUT2D eigenvalue weighted by atomic mass is 10.0. The average molecular weight is 1100 g/mol. The summed E-state index contributed by atoms with van der Waals surface area (Å²) >= 11 is 0. The summed E-state index contributed by atoms with van der Waals surface area (Å²) in [4.78, 5) is 48.7. The largest absolute Gasteiger partial charge is 0.472 e. The van der Waals surface area contributed by atoms with Crippen molar-refractivity contribution in [1.82, 2.24) is 0 Å². The van der Waals surface area contributed by atoms with Crippen LogP contribution >= 0.6 is 7.82 Å². The summed E-state index contributed by atoms with van der Waals surface area (Å²) in [5, 5.41) is 9.83. The van der Waals surface area contributed by atoms with E-state index in [1.807, 2.05) is 0 Å². The fraction of sp³-hybridized carbons (Fsp3) is 0.922. The van der Waals surface area contributed by atoms with Gasteiger partial charge in [0.25, 0.3) is 0 Å². The van der Waals surface area contributed by atoms with Gasteiger partial charge in [0.1, 0.15) is 12.7 Å². The number of aliphatic hydroxyl groups excluding tert-OH is 1. The van der Waals surface area contributed by atoms with E-state index in [1.54, 1.807) is 0 Å². The summed E-state index contributed by atoms with van der Waals surface area (Å²) in [6.07, 6.45) is 60.2. The van der Waals surface area contributed by atoms with E-state index in [4.69, 9.17) is 23.3 Å². The van der Waals surface area contributed by atoms with Gasteiger partial charge in [0.05, 0.1) is 19.8 Å². The van der Waals surface area contributed by atoms with Gasteiger partial charge in [0, 0.05) is 19.3 Å². The first-order valence-electron chi connectivity index (χ1n) is 32.6. The van der Waals surface area contributed by atoms with E-state index >= 15 is 0 Å². The SMILES string of the molecule is CCCCCCCC/C=C\CCCCCCCCCCCC(=O)OCC(COP(=O)(O)OCC(CO)OC(=O)CCCCCCCCCCCCCCC)OC(=O)CCCCCCCCCCCCCCCCCCC. The van der Waals surface area contributed by atoms with E-state index in [-0.39, 0.29) is 25.9 Å². The van der Waals surface area contributed by atoms with Gasteiger partial charge in [-0.15, -0.1) is 0 Å². The van der Waals surface area contributed by atoms with Gasteiger partial charge >= 0.3 is 25.7 Å². The Bertz CT molecular complexity index is 1330. The number of ether oxygens (including phenoxy) is 3. The smallest absolute Gasteiger partial charge is 0.462 e. The summed E-state index contributed by atoms with van der Waals surface area (Å²) in [7, 11) is -4.74. The number of hydrogen-bond donors (Lipinski definition) is 2. The minimum Gasteiger partial charge on any atom is -0.462 e. The van der Waals surface area contributed by atoms with Crippen LogP contribution in [0.5, 0.6) is 0 Å². The first-order valence-corrected chi connectivity index (χ1v) is 34.1. The van der Waals surface area contributed by atoms with E-state index in [2.05, 4.69) is 32.9 Å². The van der Waals surface area contributed by atoms with Gasteiger partial charge in [-0.05, 0) is 44.9 Å². The topological polar surface area (TPSA) is 155 Å². The van der Waals surface area contributed by atoms with E-state index < -0.39 is 57.8 Å². The molecule has 11 nitrogen and oxygen atoms in total. The molecule has 2 N–H and O–H groups in total. The van der Waals surface area contributed by atoms with Gasteiger partial charge in [-0.1, -0.05) is 290 Å². The van der Waals surface area contributed by atoms with Gasteiger partial charge in [-0.3, -0.25) is 23.4 Å². The predicted molar refractivity (Wildman–Crippen MR) is 317 cm³/mol. The van der Waals surface area contributed by atoms with Gasteiger partial charge < -0.3 is 24.2 Å². The monoisotopic (exact) mass is 1100 g/mol. The van der Waals surface area contributed by atoms with Crippen molar-refractivity contribution in [2.75, 3.05) is 26.4 Å². The fourth-order valence-electron chi connectivity index (χ4n) is 9.71. The van der Waals surface area contributed by atoms with Crippen molar-refractivity contribution in [3.63, 3.8) is 0 Å². The van der Waals surface area contributed by atoms with Crippen LogP contribution in [-0.4, -0.2) is 66.5 Å². The standard InChI is InChI=1S/C64H123O11P/c1-4-7-10-13-16-19-22-25-27-29-30-32-33-36-38-41-44-47-50-53-62(66)71-57-61(75-64(68)55-52-49-46-43-40-37-34-31-28-26-23-20-17-14-11-8-5-2)59-73-76(69,70)72-58-60(56-65)74-63(67)54-51-48-45-42-39-35-24-21-18-15-12-9-6-3/h25,27,60-61,65H,4-24,26,28-59H2,1-3H3,(H,69,70)/b27-25-. The van der Waals surface area contributed by atoms with Crippen molar-refractivity contribution in [2.45, 2.75) is 354 Å². The zero-order valence-electron chi connectivity index (χ0n) is 50.0. The molecule has 3 unspecified atom stereocenters. The first-order chi connectivity index (χ1) is 37.2. The van der Waals surface area contributed by atoms with Crippen LogP contribution in [0.3, 0.4) is 0 Å². The van der Waals surface area contributed by atoms with Crippen LogP contribution in [0, 0.1) is 0 Å². The van der Waals surface area contributed by atoms with Crippen LogP contribution in [0.25, 0.3) is 0 Å². The van der Waals surface area contributed by atoms with Crippen molar-refractivity contribution in [2.24, 2.45) is 0 Å². The molecule has 3 atom stereocenters. The molecule has 0 aromatic heterocycles. The molecule has 0 aromatic carbocycles. The third-order valence-corrected chi connectivity index (χ3v) is 15.6. The Hall–Kier alpha value is -1.78. The van der Waals surface area contributed by atoms with Crippen LogP contribution in [0.15, 0.2) is 12.2 Å². The van der Waals surface area contributed by atoms with Crippen molar-refractivity contribution < 1.29 is 52.2 Å². The third-order valence-electron chi connectivity index (χ3n) is 14.7. The van der Waals surface area contributed by atoms with E-state index in [1.165, 1.54) is 225 Å². The molecule has 0 spiro atoms. The maximum atomic E-state index is 12.9. The number of phosphoric ester groups is 1. The molecular weight excluding hydrogens is 976 g/mol. The minimum atomic E-state index is -4.74. The number of hydrogen-bond acceptors (Lipinski definition) is 10. The predicted octanol–water partition coefficient (Wildman–Crippen LogP) is 19.6. The van der Waals surface area contributed by atoms with Gasteiger partial charge in [0.15, 0.2) is 6.10 Å². The molecule has 0 heterocycles. The molecule has 0 amide bonds. The Morgan fingerprint density at radius 3 is 0.908 bits per heavy atom. The zero-order valence-corrected chi connectivity index (χ0v) is 50.9. The molecule has 76 heavy (non-hydrogen) atoms. The average Bonchev–Trinajstić information content (AvgIpc) is 3.41. The number of esters is 3. The molecule has 0 aromatic rings. The minimum absolute atomic E-state index is 0.176. The van der Waals surface area contributed by atoms with Gasteiger partial charge in [-0.25, -0.2) is 4.57 Å². The number of allylic oxidation sites excluding steroid dienone is 2. The summed E-state index contributed by atoms with van der Waals surface area (Å²) < 4.78 is 39.7. The Labute approximate surface area is 468 Å². The van der Waals surface area contributed by atoms with Gasteiger partial charge in [-0.2, -0.15) is 0 Å². The zero-order chi connectivity index (χ0) is 55.5. The number of phosphoric acid groups is 1. The number of rotatable bonds is 62. The van der Waals surface area contributed by atoms with Crippen molar-refractivity contribution >= 4 is 25.7 Å². The number of carbonyl (C=O) groups excluding carboxylic acids is 3. The number of carbonyl (C=O) groups is 3. The number of unbranched alkanes of at least 4 members (excludes halogenated alkanes) is 43. The maximum absolute atomic E-state index is 12.9. The molecular formula is C64H123O11P. The molecule has 0 radical (unpaired) electrons. The summed E-state index contributed by atoms with van der Waals surface area (Å²) in [6.45, 7) is 4.73. The fourth-order valence-corrected chi connectivity index (χ4v) is 10.5. The van der Waals surface area contributed by atoms with Crippen LogP contribution in [-0.2, 0) is 42.2 Å². The highest BCUT2D eigenvalue weighted by Crippen LogP contribution is 2.43. The molecule has 0 saturated heterocycles. The van der Waals surface area contributed by atoms with E-state index in [9.17, 15) is 28.9 Å². The van der Waals surface area contributed by atoms with Crippen molar-refractivity contribution in [1.29, 1.82) is 0 Å². The third kappa shape index (κ3) is 56.9. The Kier molecular flexibility index (Phi) is 58.0. The van der Waals surface area contributed by atoms with Crippen LogP contribution in [0.4, 0.5) is 0 Å². The number of aliphatic hydroxyl groups is 1. The molecule has 0 saturated carbocycles. The molecule has 12 heteroatoms. The summed E-state index contributed by atoms with van der Waals surface area (Å²) in [6, 6.07) is 0. The lowest BCUT2D eigenvalue weighted by Gasteiger charge is -2.21. The Morgan fingerprint density at radius 1 is 0.355 bits per heavy atom. The van der Waals surface area contributed by atoms with Crippen molar-refractivity contribution in [3.05, 3.63) is 12.2 Å². The summed E-state index contributed by atoms with van der Waals surface area (Å²) in [5.41, 5.74) is 0. The normalized spacial score (nSPS) is 13.3. The first kappa shape index (κ1) is 74.2. The lowest BCUT2D eigenvalue weighted by molar-refractivity contribution is -0.161. The molecule has 0 rings (SSSR count). The van der Waals surface area contributed by atoms with Crippen molar-refractivity contribution in [3.8, 4) is 0 Å². The molecule has 0 aliphatic carbocycles. The highest BCUT2D eigenvalue weighted by molar-refractivity contribution is 7.47. The molecule has 0 aliphatic rings. The highest BCUT2D eigenvalue weighted by atomic mass is 31.2. The molecule has 0 bridgehead atoms. The molecule has 450 valence electrons. The van der Waals surface area contributed by atoms with Crippen LogP contribution < -0.4 is 0 Å². The van der Waals surface area contributed by atoms with E-state index in [0.717, 1.165) is 57.8 Å². The molecule has 0 aliphatic heterocycles. The lowest BCUT2D eigenvalue weighted by Crippen LogP contribution is -2.30. The van der Waals surface area contributed by atoms with Crippen LogP contribution in [0.1, 0.15) is 342 Å². The van der Waals surface area contributed by atoms with Crippen LogP contribution in [0.2, 0.25) is 0 Å². The highest BCUT2D eigenvalue weighted by Gasteiger charge is 2.28. The second kappa shape index (κ2) is 59.3. The quantitative estimate of drug-likeness (QED) is 0.0197. The Morgan fingerprint density at radius 2 is 0.605 bits per heavy atom. The maximum Gasteiger partial charge on any atom is 0.472 e. The summed E-state index contributed by atoms with van der Waals surface area (Å²) in [5.74, 6) is -1.43.